The van der Waals surface area contributed by atoms with Crippen molar-refractivity contribution in [3.8, 4) is 0 Å². The first-order valence-electron chi connectivity index (χ1n) is 6.47. The van der Waals surface area contributed by atoms with Crippen molar-refractivity contribution in [1.82, 2.24) is 0 Å². The van der Waals surface area contributed by atoms with Crippen LogP contribution in [0.4, 0.5) is 0 Å². The second kappa shape index (κ2) is 10.3. The molecule has 0 radical (unpaired) electrons. The van der Waals surface area contributed by atoms with E-state index in [9.17, 15) is 22.0 Å². The Balaban J connectivity index is 3.70. The van der Waals surface area contributed by atoms with E-state index in [0.29, 0.717) is 12.8 Å². The minimum Gasteiger partial charge on any atom is -0.772 e. The van der Waals surface area contributed by atoms with E-state index >= 15 is 0 Å². The van der Waals surface area contributed by atoms with E-state index in [-0.39, 0.29) is 12.8 Å². The van der Waals surface area contributed by atoms with E-state index in [0.717, 1.165) is 25.7 Å². The quantitative estimate of drug-likeness (QED) is 0.313. The van der Waals surface area contributed by atoms with Crippen LogP contribution < -0.4 is 0 Å². The number of carbonyl (C=O) groups is 1. The molecule has 0 bridgehead atoms. The number of hydrogen-bond donors (Lipinski definition) is 2. The molecule has 2 atom stereocenters. The number of unbranched alkanes of at least 4 members (excludes halogenated alkanes) is 5. The Morgan fingerprint density at radius 1 is 1.10 bits per heavy atom. The van der Waals surface area contributed by atoms with Crippen molar-refractivity contribution in [3.05, 3.63) is 0 Å². The van der Waals surface area contributed by atoms with E-state index < -0.39 is 38.2 Å². The van der Waals surface area contributed by atoms with Gasteiger partial charge in [0.25, 0.3) is 10.1 Å². The van der Waals surface area contributed by atoms with Crippen LogP contribution in [0.2, 0.25) is 0 Å². The predicted molar refractivity (Wildman–Crippen MR) is 73.7 cm³/mol. The summed E-state index contributed by atoms with van der Waals surface area (Å²) in [6, 6.07) is 0. The van der Waals surface area contributed by atoms with Crippen molar-refractivity contribution in [1.29, 1.82) is 0 Å². The zero-order chi connectivity index (χ0) is 15.6. The molecule has 0 spiro atoms. The first-order valence-corrected chi connectivity index (χ1v) is 9.22. The summed E-state index contributed by atoms with van der Waals surface area (Å²) in [7, 11) is -4.28. The Labute approximate surface area is 121 Å². The molecular formula is C11H21O7S2-. The van der Waals surface area contributed by atoms with Crippen LogP contribution in [-0.2, 0) is 26.0 Å². The van der Waals surface area contributed by atoms with E-state index in [2.05, 4.69) is 0 Å². The molecule has 20 heavy (non-hydrogen) atoms. The fourth-order valence-corrected chi connectivity index (χ4v) is 3.78. The largest absolute Gasteiger partial charge is 0.772 e. The fraction of sp³-hybridized carbons (Fsp3) is 0.909. The van der Waals surface area contributed by atoms with Gasteiger partial charge in [-0.1, -0.05) is 43.2 Å². The molecule has 9 heteroatoms. The highest BCUT2D eigenvalue weighted by Gasteiger charge is 2.17. The van der Waals surface area contributed by atoms with Crippen LogP contribution in [0.25, 0.3) is 0 Å². The lowest BCUT2D eigenvalue weighted by Gasteiger charge is -2.17. The number of aliphatic carboxylic acids is 1. The third-order valence-electron chi connectivity index (χ3n) is 2.84. The number of hydrogen-bond acceptors (Lipinski definition) is 5. The lowest BCUT2D eigenvalue weighted by atomic mass is 10.1. The number of rotatable bonds is 12. The molecule has 7 nitrogen and oxygen atoms in total. The monoisotopic (exact) mass is 329 g/mol. The van der Waals surface area contributed by atoms with E-state index in [4.69, 9.17) is 9.66 Å². The topological polar surface area (TPSA) is 132 Å². The maximum Gasteiger partial charge on any atom is 0.303 e. The molecule has 0 fully saturated rings. The summed E-state index contributed by atoms with van der Waals surface area (Å²) in [5.41, 5.74) is 0. The van der Waals surface area contributed by atoms with E-state index in [1.165, 1.54) is 0 Å². The lowest BCUT2D eigenvalue weighted by Crippen LogP contribution is -2.25. The van der Waals surface area contributed by atoms with Gasteiger partial charge in [0.05, 0.1) is 5.75 Å². The molecule has 0 amide bonds. The predicted octanol–water partition coefficient (Wildman–Crippen LogP) is 1.33. The second-order valence-electron chi connectivity index (χ2n) is 4.68. The van der Waals surface area contributed by atoms with E-state index in [1.807, 2.05) is 0 Å². The molecule has 0 aromatic rings. The maximum atomic E-state index is 10.8. The maximum absolute atomic E-state index is 10.8. The summed E-state index contributed by atoms with van der Waals surface area (Å²) in [4.78, 5) is 10.3. The summed E-state index contributed by atoms with van der Waals surface area (Å²) in [6.07, 6.45) is 4.84. The van der Waals surface area contributed by atoms with E-state index in [1.54, 1.807) is 0 Å². The van der Waals surface area contributed by atoms with Gasteiger partial charge >= 0.3 is 5.97 Å². The van der Waals surface area contributed by atoms with Gasteiger partial charge in [-0.3, -0.25) is 13.6 Å². The molecule has 0 aromatic heterocycles. The summed E-state index contributed by atoms with van der Waals surface area (Å²) >= 11 is -2.52. The zero-order valence-electron chi connectivity index (χ0n) is 11.2. The highest BCUT2D eigenvalue weighted by atomic mass is 32.2. The first kappa shape index (κ1) is 19.5. The van der Waals surface area contributed by atoms with Crippen molar-refractivity contribution < 1.29 is 31.6 Å². The normalized spacial score (nSPS) is 14.9. The SMILES string of the molecule is O=C(O)CCCCCCCCC(CS(=O)(=O)O)S(=O)[O-]. The Hall–Kier alpha value is -0.510. The van der Waals surface area contributed by atoms with Crippen molar-refractivity contribution in [2.75, 3.05) is 5.75 Å². The zero-order valence-corrected chi connectivity index (χ0v) is 12.8. The minimum absolute atomic E-state index is 0.158. The molecule has 2 N–H and O–H groups in total. The molecule has 0 rings (SSSR count). The van der Waals surface area contributed by atoms with Crippen LogP contribution in [0.3, 0.4) is 0 Å². The standard InChI is InChI=1S/C11H22O7S2/c12-11(13)8-6-4-2-1-3-5-7-10(19(14)15)9-20(16,17)18/h10H,1-9H2,(H,12,13)(H,14,15)(H,16,17,18)/p-1. The van der Waals surface area contributed by atoms with Gasteiger partial charge in [-0.25, -0.2) is 0 Å². The highest BCUT2D eigenvalue weighted by molar-refractivity contribution is 7.87. The van der Waals surface area contributed by atoms with Gasteiger partial charge < -0.3 is 9.66 Å². The third-order valence-corrected chi connectivity index (χ3v) is 4.82. The van der Waals surface area contributed by atoms with Crippen molar-refractivity contribution in [2.45, 2.75) is 56.6 Å². The van der Waals surface area contributed by atoms with Gasteiger partial charge in [0.2, 0.25) is 0 Å². The molecule has 0 saturated heterocycles. The number of carboxylic acids is 1. The molecule has 0 saturated carbocycles. The fourth-order valence-electron chi connectivity index (χ4n) is 1.83. The van der Waals surface area contributed by atoms with Crippen molar-refractivity contribution in [2.24, 2.45) is 0 Å². The lowest BCUT2D eigenvalue weighted by molar-refractivity contribution is -0.137. The second-order valence-corrected chi connectivity index (χ2v) is 7.37. The minimum atomic E-state index is -4.28. The molecular weight excluding hydrogens is 308 g/mol. The molecule has 0 aliphatic carbocycles. The summed E-state index contributed by atoms with van der Waals surface area (Å²) in [5, 5.41) is 7.36. The highest BCUT2D eigenvalue weighted by Crippen LogP contribution is 2.13. The molecule has 0 aromatic carbocycles. The average Bonchev–Trinajstić information content (AvgIpc) is 2.28. The van der Waals surface area contributed by atoms with Gasteiger partial charge in [-0.05, 0) is 12.8 Å². The average molecular weight is 329 g/mol. The van der Waals surface area contributed by atoms with Crippen LogP contribution in [-0.4, -0.2) is 43.8 Å². The van der Waals surface area contributed by atoms with Crippen LogP contribution in [0.15, 0.2) is 0 Å². The number of carboxylic acid groups (broad SMARTS) is 1. The Morgan fingerprint density at radius 3 is 2.05 bits per heavy atom. The first-order chi connectivity index (χ1) is 9.22. The molecule has 0 aliphatic rings. The van der Waals surface area contributed by atoms with Crippen molar-refractivity contribution in [3.63, 3.8) is 0 Å². The third kappa shape index (κ3) is 12.5. The van der Waals surface area contributed by atoms with Crippen LogP contribution in [0, 0.1) is 0 Å². The summed E-state index contributed by atoms with van der Waals surface area (Å²) < 4.78 is 51.5. The van der Waals surface area contributed by atoms with Crippen molar-refractivity contribution >= 4 is 27.2 Å². The van der Waals surface area contributed by atoms with Crippen LogP contribution in [0.1, 0.15) is 51.4 Å². The van der Waals surface area contributed by atoms with Gasteiger partial charge in [0.15, 0.2) is 0 Å². The van der Waals surface area contributed by atoms with Crippen LogP contribution in [0.5, 0.6) is 0 Å². The molecule has 120 valence electrons. The Bertz CT molecular complexity index is 405. The molecule has 0 heterocycles. The van der Waals surface area contributed by atoms with Crippen LogP contribution >= 0.6 is 0 Å². The smallest absolute Gasteiger partial charge is 0.303 e. The Kier molecular flexibility index (Phi) is 9.99. The molecule has 0 aliphatic heterocycles. The van der Waals surface area contributed by atoms with Gasteiger partial charge in [-0.15, -0.1) is 0 Å². The summed E-state index contributed by atoms with van der Waals surface area (Å²) in [6.45, 7) is 0. The summed E-state index contributed by atoms with van der Waals surface area (Å²) in [5.74, 6) is -1.57. The Morgan fingerprint density at radius 2 is 1.60 bits per heavy atom. The van der Waals surface area contributed by atoms with Gasteiger partial charge in [0, 0.05) is 11.7 Å². The van der Waals surface area contributed by atoms with Gasteiger partial charge in [-0.2, -0.15) is 8.42 Å². The van der Waals surface area contributed by atoms with Gasteiger partial charge in [0.1, 0.15) is 0 Å². The molecule has 2 unspecified atom stereocenters.